The molecule has 1 aliphatic rings. The van der Waals surface area contributed by atoms with Gasteiger partial charge in [0.2, 0.25) is 11.8 Å². The average molecular weight is 413 g/mol. The summed E-state index contributed by atoms with van der Waals surface area (Å²) in [4.78, 5) is 15.5. The third-order valence-corrected chi connectivity index (χ3v) is 5.78. The molecule has 0 bridgehead atoms. The van der Waals surface area contributed by atoms with Crippen molar-refractivity contribution in [2.75, 3.05) is 32.1 Å². The van der Waals surface area contributed by atoms with Crippen LogP contribution in [0.15, 0.2) is 40.1 Å². The van der Waals surface area contributed by atoms with E-state index in [-0.39, 0.29) is 12.5 Å². The topological polar surface area (TPSA) is 80.5 Å². The molecule has 152 valence electrons. The largest absolute Gasteiger partial charge is 0.419 e. The fraction of sp³-hybridized carbons (Fsp3) is 0.381. The predicted molar refractivity (Wildman–Crippen MR) is 112 cm³/mol. The molecule has 0 atom stereocenters. The zero-order chi connectivity index (χ0) is 20.1. The minimum absolute atomic E-state index is 0.0722. The van der Waals surface area contributed by atoms with Crippen LogP contribution < -0.4 is 5.32 Å². The molecule has 0 unspecified atom stereocenters. The Morgan fingerprint density at radius 2 is 2.17 bits per heavy atom. The zero-order valence-electron chi connectivity index (χ0n) is 16.4. The fourth-order valence-corrected chi connectivity index (χ4v) is 4.14. The van der Waals surface area contributed by atoms with Crippen LogP contribution in [0.3, 0.4) is 0 Å². The number of carbonyl (C=O) groups excluding carboxylic acids is 1. The fourth-order valence-electron chi connectivity index (χ4n) is 3.50. The van der Waals surface area contributed by atoms with Gasteiger partial charge in [-0.05, 0) is 54.0 Å². The summed E-state index contributed by atoms with van der Waals surface area (Å²) in [7, 11) is 1.64. The number of aromatic nitrogens is 2. The van der Waals surface area contributed by atoms with Gasteiger partial charge < -0.3 is 14.5 Å². The molecule has 0 saturated carbocycles. The lowest BCUT2D eigenvalue weighted by Crippen LogP contribution is -2.35. The van der Waals surface area contributed by atoms with Crippen LogP contribution in [0.2, 0.25) is 0 Å². The third-order valence-electron chi connectivity index (χ3n) is 4.92. The highest BCUT2D eigenvalue weighted by atomic mass is 32.1. The molecule has 1 aliphatic carbocycles. The summed E-state index contributed by atoms with van der Waals surface area (Å²) >= 11 is 1.55. The van der Waals surface area contributed by atoms with Crippen molar-refractivity contribution in [3.63, 3.8) is 0 Å². The summed E-state index contributed by atoms with van der Waals surface area (Å²) in [5.74, 6) is 0.913. The number of thiophene rings is 1. The number of nitrogens with one attached hydrogen (secondary N) is 1. The summed E-state index contributed by atoms with van der Waals surface area (Å²) in [6.45, 7) is 1.71. The van der Waals surface area contributed by atoms with E-state index in [0.717, 1.165) is 23.4 Å². The second-order valence-electron chi connectivity index (χ2n) is 7.07. The van der Waals surface area contributed by atoms with Crippen molar-refractivity contribution >= 4 is 22.9 Å². The molecule has 29 heavy (non-hydrogen) atoms. The highest BCUT2D eigenvalue weighted by Gasteiger charge is 2.17. The molecule has 7 nitrogen and oxygen atoms in total. The van der Waals surface area contributed by atoms with Crippen LogP contribution in [0, 0.1) is 0 Å². The van der Waals surface area contributed by atoms with Crippen LogP contribution in [-0.2, 0) is 28.9 Å². The van der Waals surface area contributed by atoms with E-state index in [9.17, 15) is 4.79 Å². The normalized spacial score (nSPS) is 13.0. The Kier molecular flexibility index (Phi) is 6.33. The second kappa shape index (κ2) is 9.30. The molecule has 1 amide bonds. The van der Waals surface area contributed by atoms with E-state index in [4.69, 9.17) is 9.15 Å². The third kappa shape index (κ3) is 5.09. The predicted octanol–water partition coefficient (Wildman–Crippen LogP) is 3.37. The van der Waals surface area contributed by atoms with Gasteiger partial charge in [0, 0.05) is 19.3 Å². The van der Waals surface area contributed by atoms with E-state index in [1.54, 1.807) is 18.4 Å². The van der Waals surface area contributed by atoms with Gasteiger partial charge >= 0.3 is 0 Å². The van der Waals surface area contributed by atoms with Crippen LogP contribution in [0.5, 0.6) is 0 Å². The first-order chi connectivity index (χ1) is 14.2. The van der Waals surface area contributed by atoms with Crippen LogP contribution in [0.4, 0.5) is 5.69 Å². The molecular weight excluding hydrogens is 388 g/mol. The van der Waals surface area contributed by atoms with Crippen molar-refractivity contribution in [1.82, 2.24) is 15.1 Å². The van der Waals surface area contributed by atoms with Gasteiger partial charge in [0.15, 0.2) is 0 Å². The standard InChI is InChI=1S/C21H24N4O3S/c1-27-10-9-25(14-20-23-24-21(28-20)18-6-3-11-29-18)13-19(26)22-17-8-7-15-4-2-5-16(15)12-17/h3,6-8,11-12H,2,4-5,9-10,13-14H2,1H3,(H,22,26). The number of ether oxygens (including phenoxy) is 1. The lowest BCUT2D eigenvalue weighted by molar-refractivity contribution is -0.117. The minimum atomic E-state index is -0.0722. The molecule has 8 heteroatoms. The molecule has 2 heterocycles. The van der Waals surface area contributed by atoms with E-state index in [2.05, 4.69) is 27.6 Å². The Balaban J connectivity index is 1.38. The van der Waals surface area contributed by atoms with Gasteiger partial charge in [-0.25, -0.2) is 0 Å². The van der Waals surface area contributed by atoms with E-state index >= 15 is 0 Å². The Morgan fingerprint density at radius 1 is 1.28 bits per heavy atom. The van der Waals surface area contributed by atoms with Crippen molar-refractivity contribution in [3.05, 3.63) is 52.7 Å². The highest BCUT2D eigenvalue weighted by molar-refractivity contribution is 7.13. The first-order valence-corrected chi connectivity index (χ1v) is 10.6. The number of aryl methyl sites for hydroxylation is 2. The highest BCUT2D eigenvalue weighted by Crippen LogP contribution is 2.25. The number of benzene rings is 1. The van der Waals surface area contributed by atoms with E-state index in [1.807, 2.05) is 28.5 Å². The zero-order valence-corrected chi connectivity index (χ0v) is 17.2. The smallest absolute Gasteiger partial charge is 0.257 e. The first kappa shape index (κ1) is 19.8. The number of nitrogens with zero attached hydrogens (tertiary/aromatic N) is 3. The number of fused-ring (bicyclic) bond motifs is 1. The SMILES string of the molecule is COCCN(CC(=O)Nc1ccc2c(c1)CCC2)Cc1nnc(-c2cccs2)o1. The quantitative estimate of drug-likeness (QED) is 0.580. The van der Waals surface area contributed by atoms with Crippen LogP contribution >= 0.6 is 11.3 Å². The number of hydrogen-bond acceptors (Lipinski definition) is 7. The number of methoxy groups -OCH3 is 1. The van der Waals surface area contributed by atoms with Gasteiger partial charge in [-0.1, -0.05) is 12.1 Å². The van der Waals surface area contributed by atoms with Crippen molar-refractivity contribution in [3.8, 4) is 10.8 Å². The number of anilines is 1. The number of amides is 1. The number of hydrogen-bond donors (Lipinski definition) is 1. The molecule has 0 radical (unpaired) electrons. The maximum absolute atomic E-state index is 12.6. The van der Waals surface area contributed by atoms with Crippen LogP contribution in [0.25, 0.3) is 10.8 Å². The molecule has 3 aromatic rings. The molecule has 1 N–H and O–H groups in total. The molecule has 1 aromatic carbocycles. The average Bonchev–Trinajstić information content (AvgIpc) is 3.46. The maximum Gasteiger partial charge on any atom is 0.257 e. The van der Waals surface area contributed by atoms with Crippen molar-refractivity contribution in [2.24, 2.45) is 0 Å². The van der Waals surface area contributed by atoms with Gasteiger partial charge in [-0.2, -0.15) is 0 Å². The Bertz CT molecular complexity index is 955. The monoisotopic (exact) mass is 412 g/mol. The van der Waals surface area contributed by atoms with Gasteiger partial charge in [0.25, 0.3) is 5.89 Å². The summed E-state index contributed by atoms with van der Waals surface area (Å²) in [6, 6.07) is 10.1. The van der Waals surface area contributed by atoms with Crippen LogP contribution in [0.1, 0.15) is 23.4 Å². The Morgan fingerprint density at radius 3 is 3.00 bits per heavy atom. The Labute approximate surface area is 173 Å². The molecule has 0 saturated heterocycles. The lowest BCUT2D eigenvalue weighted by Gasteiger charge is -2.19. The van der Waals surface area contributed by atoms with Gasteiger partial charge in [-0.3, -0.25) is 9.69 Å². The van der Waals surface area contributed by atoms with Crippen molar-refractivity contribution < 1.29 is 13.9 Å². The van der Waals surface area contributed by atoms with E-state index in [1.165, 1.54) is 17.5 Å². The summed E-state index contributed by atoms with van der Waals surface area (Å²) in [5, 5.41) is 13.2. The van der Waals surface area contributed by atoms with Crippen LogP contribution in [-0.4, -0.2) is 47.8 Å². The number of carbonyl (C=O) groups is 1. The van der Waals surface area contributed by atoms with Crippen molar-refractivity contribution in [2.45, 2.75) is 25.8 Å². The second-order valence-corrected chi connectivity index (χ2v) is 8.01. The molecule has 2 aromatic heterocycles. The molecule has 4 rings (SSSR count). The van der Waals surface area contributed by atoms with E-state index in [0.29, 0.717) is 31.5 Å². The molecule has 0 spiro atoms. The molecular formula is C21H24N4O3S. The molecule has 0 aliphatic heterocycles. The van der Waals surface area contributed by atoms with Gasteiger partial charge in [-0.15, -0.1) is 21.5 Å². The van der Waals surface area contributed by atoms with Gasteiger partial charge in [0.05, 0.1) is 24.6 Å². The molecule has 0 fully saturated rings. The minimum Gasteiger partial charge on any atom is -0.419 e. The maximum atomic E-state index is 12.6. The Hall–Kier alpha value is -2.55. The summed E-state index contributed by atoms with van der Waals surface area (Å²) in [6.07, 6.45) is 3.41. The van der Waals surface area contributed by atoms with Gasteiger partial charge in [0.1, 0.15) is 0 Å². The number of rotatable bonds is 9. The van der Waals surface area contributed by atoms with Crippen molar-refractivity contribution in [1.29, 1.82) is 0 Å². The summed E-state index contributed by atoms with van der Waals surface area (Å²) in [5.41, 5.74) is 3.58. The van der Waals surface area contributed by atoms with E-state index < -0.39 is 0 Å². The summed E-state index contributed by atoms with van der Waals surface area (Å²) < 4.78 is 10.9. The lowest BCUT2D eigenvalue weighted by atomic mass is 10.1. The first-order valence-electron chi connectivity index (χ1n) is 9.70.